The van der Waals surface area contributed by atoms with Crippen molar-refractivity contribution in [3.63, 3.8) is 0 Å². The van der Waals surface area contributed by atoms with Crippen LogP contribution < -0.4 is 10.0 Å². The van der Waals surface area contributed by atoms with Gasteiger partial charge in [0, 0.05) is 13.2 Å². The maximum absolute atomic E-state index is 12.1. The molecule has 0 bridgehead atoms. The second-order valence-electron chi connectivity index (χ2n) is 4.62. The predicted octanol–water partition coefficient (Wildman–Crippen LogP) is 1.15. The standard InChI is InChI=1S/C14H24N2O3S/c1-4-19-12(2)11-16-20(17,18)14-7-5-13(6-8-14)9-10-15-3/h5-8,12,15-16H,4,9-11H2,1-3H3. The SMILES string of the molecule is CCOC(C)CNS(=O)(=O)c1ccc(CCNC)cc1. The van der Waals surface area contributed by atoms with Crippen LogP contribution in [0.4, 0.5) is 0 Å². The molecule has 0 saturated carbocycles. The Labute approximate surface area is 121 Å². The van der Waals surface area contributed by atoms with Crippen LogP contribution in [0.5, 0.6) is 0 Å². The molecule has 20 heavy (non-hydrogen) atoms. The first kappa shape index (κ1) is 17.1. The van der Waals surface area contributed by atoms with E-state index >= 15 is 0 Å². The van der Waals surface area contributed by atoms with Gasteiger partial charge in [-0.1, -0.05) is 12.1 Å². The van der Waals surface area contributed by atoms with Gasteiger partial charge in [-0.05, 0) is 51.6 Å². The molecule has 0 amide bonds. The second-order valence-corrected chi connectivity index (χ2v) is 6.38. The Morgan fingerprint density at radius 2 is 1.90 bits per heavy atom. The Hall–Kier alpha value is -0.950. The number of hydrogen-bond donors (Lipinski definition) is 2. The lowest BCUT2D eigenvalue weighted by Gasteiger charge is -2.13. The highest BCUT2D eigenvalue weighted by Gasteiger charge is 2.14. The van der Waals surface area contributed by atoms with Crippen molar-refractivity contribution >= 4 is 10.0 Å². The molecular weight excluding hydrogens is 276 g/mol. The molecule has 0 radical (unpaired) electrons. The van der Waals surface area contributed by atoms with Gasteiger partial charge in [0.15, 0.2) is 0 Å². The molecule has 0 fully saturated rings. The summed E-state index contributed by atoms with van der Waals surface area (Å²) in [7, 11) is -1.57. The van der Waals surface area contributed by atoms with Crippen molar-refractivity contribution < 1.29 is 13.2 Å². The molecule has 1 aromatic rings. The third kappa shape index (κ3) is 5.58. The zero-order valence-electron chi connectivity index (χ0n) is 12.3. The van der Waals surface area contributed by atoms with Crippen molar-refractivity contribution in [3.8, 4) is 0 Å². The zero-order chi connectivity index (χ0) is 15.0. The van der Waals surface area contributed by atoms with Crippen LogP contribution in [-0.2, 0) is 21.2 Å². The maximum atomic E-state index is 12.1. The van der Waals surface area contributed by atoms with E-state index in [2.05, 4.69) is 10.0 Å². The summed E-state index contributed by atoms with van der Waals surface area (Å²) in [6.07, 6.45) is 0.746. The van der Waals surface area contributed by atoms with Gasteiger partial charge in [0.1, 0.15) is 0 Å². The Kier molecular flexibility index (Phi) is 7.15. The van der Waals surface area contributed by atoms with E-state index in [1.165, 1.54) is 0 Å². The highest BCUT2D eigenvalue weighted by molar-refractivity contribution is 7.89. The summed E-state index contributed by atoms with van der Waals surface area (Å²) in [5.41, 5.74) is 1.11. The lowest BCUT2D eigenvalue weighted by Crippen LogP contribution is -2.32. The zero-order valence-corrected chi connectivity index (χ0v) is 13.2. The Morgan fingerprint density at radius 3 is 2.45 bits per heavy atom. The van der Waals surface area contributed by atoms with Crippen LogP contribution in [0.1, 0.15) is 19.4 Å². The van der Waals surface area contributed by atoms with Crippen LogP contribution >= 0.6 is 0 Å². The molecule has 114 valence electrons. The molecule has 1 rings (SSSR count). The van der Waals surface area contributed by atoms with Crippen molar-refractivity contribution in [1.82, 2.24) is 10.0 Å². The average Bonchev–Trinajstić information content (AvgIpc) is 2.44. The number of rotatable bonds is 9. The van der Waals surface area contributed by atoms with Crippen LogP contribution in [0.3, 0.4) is 0 Å². The van der Waals surface area contributed by atoms with Gasteiger partial charge in [-0.3, -0.25) is 0 Å². The highest BCUT2D eigenvalue weighted by atomic mass is 32.2. The third-order valence-electron chi connectivity index (χ3n) is 2.91. The molecule has 0 aliphatic heterocycles. The van der Waals surface area contributed by atoms with Crippen molar-refractivity contribution in [2.45, 2.75) is 31.3 Å². The Balaban J connectivity index is 2.63. The molecule has 2 N–H and O–H groups in total. The minimum atomic E-state index is -3.46. The summed E-state index contributed by atoms with van der Waals surface area (Å²) in [5, 5.41) is 3.06. The second kappa shape index (κ2) is 8.36. The molecule has 1 aromatic carbocycles. The lowest BCUT2D eigenvalue weighted by atomic mass is 10.1. The number of benzene rings is 1. The molecule has 0 aliphatic rings. The predicted molar refractivity (Wildman–Crippen MR) is 80.3 cm³/mol. The van der Waals surface area contributed by atoms with Gasteiger partial charge in [0.05, 0.1) is 11.0 Å². The van der Waals surface area contributed by atoms with Crippen molar-refractivity contribution in [2.24, 2.45) is 0 Å². The first-order valence-electron chi connectivity index (χ1n) is 6.84. The van der Waals surface area contributed by atoms with Gasteiger partial charge in [0.2, 0.25) is 10.0 Å². The summed E-state index contributed by atoms with van der Waals surface area (Å²) in [6.45, 7) is 5.44. The van der Waals surface area contributed by atoms with E-state index in [-0.39, 0.29) is 17.5 Å². The van der Waals surface area contributed by atoms with Crippen LogP contribution in [0.2, 0.25) is 0 Å². The van der Waals surface area contributed by atoms with E-state index < -0.39 is 10.0 Å². The smallest absolute Gasteiger partial charge is 0.240 e. The molecule has 0 aliphatic carbocycles. The third-order valence-corrected chi connectivity index (χ3v) is 4.35. The summed E-state index contributed by atoms with van der Waals surface area (Å²) in [6, 6.07) is 6.97. The van der Waals surface area contributed by atoms with Gasteiger partial charge in [-0.2, -0.15) is 0 Å². The summed E-state index contributed by atoms with van der Waals surface area (Å²) in [5.74, 6) is 0. The number of likely N-dealkylation sites (N-methyl/N-ethyl adjacent to an activating group) is 1. The quantitative estimate of drug-likeness (QED) is 0.718. The van der Waals surface area contributed by atoms with Crippen molar-refractivity contribution in [3.05, 3.63) is 29.8 Å². The van der Waals surface area contributed by atoms with Gasteiger partial charge in [0.25, 0.3) is 0 Å². The van der Waals surface area contributed by atoms with E-state index in [4.69, 9.17) is 4.74 Å². The molecular formula is C14H24N2O3S. The van der Waals surface area contributed by atoms with Gasteiger partial charge >= 0.3 is 0 Å². The molecule has 0 saturated heterocycles. The lowest BCUT2D eigenvalue weighted by molar-refractivity contribution is 0.0799. The van der Waals surface area contributed by atoms with Crippen molar-refractivity contribution in [2.75, 3.05) is 26.7 Å². The highest BCUT2D eigenvalue weighted by Crippen LogP contribution is 2.11. The normalized spacial score (nSPS) is 13.3. The minimum Gasteiger partial charge on any atom is -0.377 e. The minimum absolute atomic E-state index is 0.135. The molecule has 1 unspecified atom stereocenters. The number of nitrogens with one attached hydrogen (secondary N) is 2. The first-order valence-corrected chi connectivity index (χ1v) is 8.32. The molecule has 5 nitrogen and oxygen atoms in total. The molecule has 6 heteroatoms. The fraction of sp³-hybridized carbons (Fsp3) is 0.571. The van der Waals surface area contributed by atoms with Crippen molar-refractivity contribution in [1.29, 1.82) is 0 Å². The maximum Gasteiger partial charge on any atom is 0.240 e. The van der Waals surface area contributed by atoms with E-state index in [0.29, 0.717) is 6.61 Å². The fourth-order valence-corrected chi connectivity index (χ4v) is 2.87. The fourth-order valence-electron chi connectivity index (χ4n) is 1.76. The van der Waals surface area contributed by atoms with Crippen LogP contribution in [0, 0.1) is 0 Å². The summed E-state index contributed by atoms with van der Waals surface area (Å²) in [4.78, 5) is 0.286. The number of ether oxygens (including phenoxy) is 1. The summed E-state index contributed by atoms with van der Waals surface area (Å²) >= 11 is 0. The monoisotopic (exact) mass is 300 g/mol. The largest absolute Gasteiger partial charge is 0.377 e. The van der Waals surface area contributed by atoms with E-state index in [1.807, 2.05) is 33.0 Å². The van der Waals surface area contributed by atoms with E-state index in [1.54, 1.807) is 12.1 Å². The van der Waals surface area contributed by atoms with Gasteiger partial charge < -0.3 is 10.1 Å². The molecule has 0 spiro atoms. The Morgan fingerprint density at radius 1 is 1.25 bits per heavy atom. The first-order chi connectivity index (χ1) is 9.49. The van der Waals surface area contributed by atoms with Crippen LogP contribution in [0.15, 0.2) is 29.2 Å². The Bertz CT molecular complexity index is 486. The van der Waals surface area contributed by atoms with Crippen LogP contribution in [0.25, 0.3) is 0 Å². The van der Waals surface area contributed by atoms with Gasteiger partial charge in [-0.25, -0.2) is 13.1 Å². The topological polar surface area (TPSA) is 67.4 Å². The number of hydrogen-bond acceptors (Lipinski definition) is 4. The summed E-state index contributed by atoms with van der Waals surface area (Å²) < 4.78 is 32.0. The number of sulfonamides is 1. The van der Waals surface area contributed by atoms with Crippen LogP contribution in [-0.4, -0.2) is 41.3 Å². The molecule has 0 heterocycles. The van der Waals surface area contributed by atoms with E-state index in [9.17, 15) is 8.42 Å². The molecule has 0 aromatic heterocycles. The van der Waals surface area contributed by atoms with E-state index in [0.717, 1.165) is 18.5 Å². The average molecular weight is 300 g/mol. The molecule has 1 atom stereocenters. The van der Waals surface area contributed by atoms with Gasteiger partial charge in [-0.15, -0.1) is 0 Å².